The van der Waals surface area contributed by atoms with Crippen LogP contribution >= 0.6 is 0 Å². The molecule has 0 radical (unpaired) electrons. The zero-order chi connectivity index (χ0) is 47.1. The molecular weight excluding hydrogens is 841 g/mol. The fraction of sp³-hybridized carbons (Fsp3) is 0.222. The summed E-state index contributed by atoms with van der Waals surface area (Å²) in [4.78, 5) is 79.2. The molecule has 12 nitrogen and oxygen atoms in total. The van der Waals surface area contributed by atoms with Crippen molar-refractivity contribution in [1.82, 2.24) is 0 Å². The number of hydrogen-bond acceptors (Lipinski definition) is 12. The molecule has 7 rings (SSSR count). The number of carbonyl (C=O) groups is 6. The van der Waals surface area contributed by atoms with E-state index in [9.17, 15) is 28.8 Å². The van der Waals surface area contributed by atoms with Gasteiger partial charge in [-0.1, -0.05) is 84.9 Å². The largest absolute Gasteiger partial charge is 0.462 e. The molecule has 0 aromatic heterocycles. The highest BCUT2D eigenvalue weighted by Crippen LogP contribution is 2.42. The molecule has 0 unspecified atom stereocenters. The third-order valence-corrected chi connectivity index (χ3v) is 11.0. The van der Waals surface area contributed by atoms with E-state index in [0.29, 0.717) is 38.9 Å². The van der Waals surface area contributed by atoms with Crippen LogP contribution in [0, 0.1) is 0 Å². The number of carbonyl (C=O) groups excluding carboxylic acids is 6. The topological polar surface area (TPSA) is 158 Å². The fourth-order valence-electron chi connectivity index (χ4n) is 8.09. The van der Waals surface area contributed by atoms with Crippen molar-refractivity contribution in [3.63, 3.8) is 0 Å². The molecule has 0 spiro atoms. The lowest BCUT2D eigenvalue weighted by Gasteiger charge is -2.12. The molecule has 0 amide bonds. The highest BCUT2D eigenvalue weighted by molar-refractivity contribution is 6.10. The molecule has 0 saturated heterocycles. The molecule has 12 heteroatoms. The first kappa shape index (κ1) is 46.1. The molecule has 0 saturated carbocycles. The molecule has 1 aromatic rings. The molecule has 0 N–H and O–H groups in total. The van der Waals surface area contributed by atoms with Crippen molar-refractivity contribution in [2.45, 2.75) is 41.5 Å². The van der Waals surface area contributed by atoms with Gasteiger partial charge in [0, 0.05) is 0 Å². The monoisotopic (exact) mass is 888 g/mol. The van der Waals surface area contributed by atoms with Gasteiger partial charge in [0.15, 0.2) is 0 Å². The van der Waals surface area contributed by atoms with E-state index < -0.39 is 35.8 Å². The Balaban J connectivity index is 1.47. The molecule has 6 aliphatic rings. The van der Waals surface area contributed by atoms with Crippen LogP contribution in [0.3, 0.4) is 0 Å². The number of ether oxygens (including phenoxy) is 6. The van der Waals surface area contributed by atoms with Crippen LogP contribution in [0.4, 0.5) is 0 Å². The molecule has 336 valence electrons. The lowest BCUT2D eigenvalue weighted by atomic mass is 9.92. The number of rotatable bonds is 15. The summed E-state index contributed by atoms with van der Waals surface area (Å²) < 4.78 is 32.2. The molecular formula is C54H48O12. The summed E-state index contributed by atoms with van der Waals surface area (Å²) in [7, 11) is 0. The van der Waals surface area contributed by atoms with Crippen molar-refractivity contribution in [2.75, 3.05) is 39.6 Å². The fourth-order valence-corrected chi connectivity index (χ4v) is 8.09. The van der Waals surface area contributed by atoms with E-state index in [1.807, 2.05) is 54.6 Å². The highest BCUT2D eigenvalue weighted by atomic mass is 16.5. The van der Waals surface area contributed by atoms with Crippen molar-refractivity contribution >= 4 is 35.8 Å². The zero-order valence-corrected chi connectivity index (χ0v) is 37.5. The predicted molar refractivity (Wildman–Crippen MR) is 248 cm³/mol. The van der Waals surface area contributed by atoms with Gasteiger partial charge in [-0.05, 0) is 133 Å². The maximum Gasteiger partial charge on any atom is 0.338 e. The molecule has 0 fully saturated rings. The summed E-state index contributed by atoms with van der Waals surface area (Å²) >= 11 is 0. The van der Waals surface area contributed by atoms with Crippen LogP contribution in [0.2, 0.25) is 0 Å². The van der Waals surface area contributed by atoms with Gasteiger partial charge in [0.1, 0.15) is 0 Å². The highest BCUT2D eigenvalue weighted by Gasteiger charge is 2.29. The van der Waals surface area contributed by atoms with Gasteiger partial charge in [-0.3, -0.25) is 0 Å². The van der Waals surface area contributed by atoms with Crippen molar-refractivity contribution in [1.29, 1.82) is 0 Å². The van der Waals surface area contributed by atoms with E-state index >= 15 is 0 Å². The first-order valence-corrected chi connectivity index (χ1v) is 21.9. The van der Waals surface area contributed by atoms with Gasteiger partial charge in [0.05, 0.1) is 73.0 Å². The number of esters is 6. The molecule has 66 heavy (non-hydrogen) atoms. The van der Waals surface area contributed by atoms with E-state index in [1.54, 1.807) is 77.9 Å². The molecule has 0 heterocycles. The SMILES string of the molecule is CCOC(=O)c1cc(C(=O)OCC)c2ccc(-c3ccc(-c4ccc5c(C(=O)OCC)cc(C(=O)OCC)c-5cc4)c(-c4ccc5c(C(=O)OCC)cc(C(=O)OCC)c-5cc4)c3)ccc1-2. The van der Waals surface area contributed by atoms with E-state index in [1.165, 1.54) is 18.2 Å². The van der Waals surface area contributed by atoms with Crippen LogP contribution in [0.1, 0.15) is 104 Å². The van der Waals surface area contributed by atoms with Gasteiger partial charge < -0.3 is 28.4 Å². The molecule has 0 atom stereocenters. The second-order valence-corrected chi connectivity index (χ2v) is 14.8. The smallest absolute Gasteiger partial charge is 0.338 e. The van der Waals surface area contributed by atoms with Crippen LogP contribution < -0.4 is 0 Å². The maximum atomic E-state index is 13.3. The first-order chi connectivity index (χ1) is 32.0. The van der Waals surface area contributed by atoms with Crippen molar-refractivity contribution in [2.24, 2.45) is 0 Å². The summed E-state index contributed by atoms with van der Waals surface area (Å²) in [5, 5.41) is 0. The van der Waals surface area contributed by atoms with Crippen LogP contribution in [0.5, 0.6) is 0 Å². The van der Waals surface area contributed by atoms with E-state index in [-0.39, 0.29) is 73.0 Å². The average Bonchev–Trinajstić information content (AvgIpc) is 3.78. The van der Waals surface area contributed by atoms with Crippen LogP contribution in [0.15, 0.2) is 109 Å². The summed E-state index contributed by atoms with van der Waals surface area (Å²) in [6, 6.07) is 32.2. The quantitative estimate of drug-likeness (QED) is 0.0710. The second kappa shape index (κ2) is 20.3. The summed E-state index contributed by atoms with van der Waals surface area (Å²) in [5.74, 6) is -3.44. The zero-order valence-electron chi connectivity index (χ0n) is 37.5. The molecule has 6 aliphatic carbocycles. The van der Waals surface area contributed by atoms with Gasteiger partial charge in [-0.2, -0.15) is 0 Å². The van der Waals surface area contributed by atoms with E-state index in [0.717, 1.165) is 27.8 Å². The normalized spacial score (nSPS) is 11.0. The standard InChI is InChI=1S/C54H48O12/c1-7-61-49(55)43-28-44(50(56)62-8-2)37-22-14-31(13-21-36(37)43)34-19-20-35(32-15-23-38-39(24-16-32)46(52(58)64-10-4)29-45(38)51(57)63-9-3)42(27-34)33-17-25-40-41(26-18-33)48(54(60)66-12-6)30-47(40)53(59)65-11-5/h13-30H,7-12H2,1-6H3. The van der Waals surface area contributed by atoms with Gasteiger partial charge in [0.2, 0.25) is 0 Å². The number of fused-ring (bicyclic) bond motifs is 3. The Kier molecular flexibility index (Phi) is 14.2. The van der Waals surface area contributed by atoms with Gasteiger partial charge in [-0.25, -0.2) is 28.8 Å². The Morgan fingerprint density at radius 2 is 0.470 bits per heavy atom. The number of hydrogen-bond donors (Lipinski definition) is 0. The average molecular weight is 889 g/mol. The van der Waals surface area contributed by atoms with Crippen LogP contribution in [-0.2, 0) is 28.4 Å². The summed E-state index contributed by atoms with van der Waals surface area (Å²) in [6.07, 6.45) is 0. The number of benzene rings is 1. The lowest BCUT2D eigenvalue weighted by molar-refractivity contribution is 0.0511. The Labute approximate surface area is 382 Å². The first-order valence-electron chi connectivity index (χ1n) is 21.9. The third kappa shape index (κ3) is 9.08. The molecule has 0 bridgehead atoms. The van der Waals surface area contributed by atoms with Crippen molar-refractivity contribution in [3.8, 4) is 66.8 Å². The predicted octanol–water partition coefficient (Wildman–Crippen LogP) is 11.1. The minimum atomic E-state index is -0.582. The summed E-state index contributed by atoms with van der Waals surface area (Å²) in [6.45, 7) is 11.1. The lowest BCUT2D eigenvalue weighted by Crippen LogP contribution is -2.05. The third-order valence-electron chi connectivity index (χ3n) is 11.0. The molecule has 0 aliphatic heterocycles. The minimum Gasteiger partial charge on any atom is -0.462 e. The van der Waals surface area contributed by atoms with E-state index in [2.05, 4.69) is 0 Å². The Hall–Kier alpha value is -7.86. The van der Waals surface area contributed by atoms with Crippen LogP contribution in [0.25, 0.3) is 66.8 Å². The van der Waals surface area contributed by atoms with Crippen molar-refractivity contribution < 1.29 is 57.2 Å². The van der Waals surface area contributed by atoms with Gasteiger partial charge in [-0.15, -0.1) is 0 Å². The second-order valence-electron chi connectivity index (χ2n) is 14.8. The van der Waals surface area contributed by atoms with E-state index in [4.69, 9.17) is 28.4 Å². The van der Waals surface area contributed by atoms with Gasteiger partial charge >= 0.3 is 35.8 Å². The summed E-state index contributed by atoms with van der Waals surface area (Å²) in [5.41, 5.74) is 8.80. The molecule has 1 aromatic carbocycles. The Morgan fingerprint density at radius 1 is 0.258 bits per heavy atom. The van der Waals surface area contributed by atoms with Crippen LogP contribution in [-0.4, -0.2) is 75.5 Å². The maximum absolute atomic E-state index is 13.3. The Bertz CT molecular complexity index is 2750. The Morgan fingerprint density at radius 3 is 0.727 bits per heavy atom. The van der Waals surface area contributed by atoms with Crippen molar-refractivity contribution in [3.05, 3.63) is 143 Å². The minimum absolute atomic E-state index is 0.136. The van der Waals surface area contributed by atoms with Gasteiger partial charge in [0.25, 0.3) is 0 Å².